The van der Waals surface area contributed by atoms with Crippen molar-refractivity contribution in [1.29, 1.82) is 0 Å². The van der Waals surface area contributed by atoms with E-state index in [1.807, 2.05) is 48.4 Å². The van der Waals surface area contributed by atoms with E-state index in [4.69, 9.17) is 14.6 Å². The lowest BCUT2D eigenvalue weighted by Gasteiger charge is -2.31. The summed E-state index contributed by atoms with van der Waals surface area (Å²) in [5.41, 5.74) is 2.07. The van der Waals surface area contributed by atoms with E-state index in [1.54, 1.807) is 6.07 Å². The minimum atomic E-state index is -3.88. The Balaban J connectivity index is 1.38. The maximum atomic E-state index is 13.3. The minimum absolute atomic E-state index is 0.0308. The highest BCUT2D eigenvalue weighted by Gasteiger charge is 2.33. The third kappa shape index (κ3) is 7.60. The van der Waals surface area contributed by atoms with E-state index in [0.717, 1.165) is 11.3 Å². The molecule has 2 heterocycles. The van der Waals surface area contributed by atoms with Crippen LogP contribution >= 0.6 is 11.3 Å². The second kappa shape index (κ2) is 11.3. The highest BCUT2D eigenvalue weighted by Crippen LogP contribution is 2.34. The molecule has 0 aliphatic carbocycles. The van der Waals surface area contributed by atoms with E-state index in [2.05, 4.69) is 10.3 Å². The first-order valence-electron chi connectivity index (χ1n) is 11.9. The minimum Gasteiger partial charge on any atom is -0.492 e. The molecule has 0 bridgehead atoms. The predicted octanol–water partition coefficient (Wildman–Crippen LogP) is 5.10. The van der Waals surface area contributed by atoms with Crippen LogP contribution in [0.25, 0.3) is 11.3 Å². The zero-order chi connectivity index (χ0) is 26.6. The molecule has 4 rings (SSSR count). The highest BCUT2D eigenvalue weighted by atomic mass is 32.2. The number of alkyl halides is 2. The van der Waals surface area contributed by atoms with Crippen molar-refractivity contribution in [1.82, 2.24) is 9.88 Å². The number of anilines is 2. The Hall–Kier alpha value is -2.80. The Labute approximate surface area is 219 Å². The number of hydrogen-bond donors (Lipinski definition) is 2. The lowest BCUT2D eigenvalue weighted by Crippen LogP contribution is -2.41. The van der Waals surface area contributed by atoms with E-state index in [9.17, 15) is 17.2 Å². The van der Waals surface area contributed by atoms with Crippen LogP contribution in [0.5, 0.6) is 11.5 Å². The number of nitrogens with zero attached hydrogens (tertiary/aromatic N) is 2. The van der Waals surface area contributed by atoms with E-state index in [0.29, 0.717) is 48.6 Å². The van der Waals surface area contributed by atoms with E-state index in [-0.39, 0.29) is 23.8 Å². The summed E-state index contributed by atoms with van der Waals surface area (Å²) in [5.74, 6) is -1.37. The third-order valence-corrected chi connectivity index (χ3v) is 7.47. The molecule has 0 atom stereocenters. The molecule has 200 valence electrons. The molecule has 1 aromatic heterocycles. The van der Waals surface area contributed by atoms with Crippen molar-refractivity contribution in [3.05, 3.63) is 47.8 Å². The summed E-state index contributed by atoms with van der Waals surface area (Å²) in [6, 6.07) is 11.9. The average Bonchev–Trinajstić information content (AvgIpc) is 3.29. The number of halogens is 2. The molecule has 0 radical (unpaired) electrons. The number of likely N-dealkylation sites (tertiary alicyclic amines) is 1. The molecule has 0 saturated carbocycles. The molecule has 1 aliphatic heterocycles. The largest absolute Gasteiger partial charge is 0.492 e. The van der Waals surface area contributed by atoms with E-state index in [1.165, 1.54) is 23.5 Å². The second-order valence-electron chi connectivity index (χ2n) is 9.10. The Morgan fingerprint density at radius 3 is 2.51 bits per heavy atom. The Bertz CT molecular complexity index is 1300. The molecule has 1 aliphatic rings. The van der Waals surface area contributed by atoms with Gasteiger partial charge in [0, 0.05) is 43.4 Å². The molecular weight excluding hydrogens is 522 g/mol. The maximum Gasteiger partial charge on any atom is 0.250 e. The van der Waals surface area contributed by atoms with Gasteiger partial charge in [-0.15, -0.1) is 11.3 Å². The molecule has 2 aromatic carbocycles. The topological polar surface area (TPSA) is 107 Å². The van der Waals surface area contributed by atoms with Crippen molar-refractivity contribution in [2.75, 3.05) is 31.6 Å². The summed E-state index contributed by atoms with van der Waals surface area (Å²) in [6.45, 7) is 5.55. The first kappa shape index (κ1) is 27.2. The van der Waals surface area contributed by atoms with Gasteiger partial charge in [0.25, 0.3) is 5.92 Å². The number of thiazole rings is 1. The fourth-order valence-corrected chi connectivity index (χ4v) is 5.11. The molecule has 0 amide bonds. The van der Waals surface area contributed by atoms with E-state index >= 15 is 0 Å². The fourth-order valence-electron chi connectivity index (χ4n) is 3.84. The maximum absolute atomic E-state index is 13.3. The summed E-state index contributed by atoms with van der Waals surface area (Å²) in [5, 5.41) is 10.9. The molecule has 1 saturated heterocycles. The SMILES string of the molecule is CC(C)Oc1ccc(S(N)(=O)=O)cc1Nc1nc(-c2ccc(OCCN3CCC(F)(F)CC3)cc2)cs1. The zero-order valence-electron chi connectivity index (χ0n) is 20.6. The number of ether oxygens (including phenoxy) is 2. The lowest BCUT2D eigenvalue weighted by atomic mass is 10.1. The summed E-state index contributed by atoms with van der Waals surface area (Å²) in [6.07, 6.45) is -0.316. The molecule has 0 spiro atoms. The number of aromatic nitrogens is 1. The number of nitrogens with one attached hydrogen (secondary N) is 1. The Kier molecular flexibility index (Phi) is 8.32. The normalized spacial score (nSPS) is 16.1. The van der Waals surface area contributed by atoms with Crippen LogP contribution in [0.1, 0.15) is 26.7 Å². The smallest absolute Gasteiger partial charge is 0.250 e. The van der Waals surface area contributed by atoms with Gasteiger partial charge in [0.1, 0.15) is 18.1 Å². The Morgan fingerprint density at radius 1 is 1.16 bits per heavy atom. The first-order valence-corrected chi connectivity index (χ1v) is 14.3. The molecule has 12 heteroatoms. The van der Waals surface area contributed by atoms with Gasteiger partial charge in [-0.1, -0.05) is 0 Å². The van der Waals surface area contributed by atoms with Gasteiger partial charge in [0.2, 0.25) is 10.0 Å². The lowest BCUT2D eigenvalue weighted by molar-refractivity contribution is -0.0564. The van der Waals surface area contributed by atoms with Crippen LogP contribution < -0.4 is 19.9 Å². The van der Waals surface area contributed by atoms with Crippen LogP contribution in [0.4, 0.5) is 19.6 Å². The van der Waals surface area contributed by atoms with Crippen LogP contribution in [0.3, 0.4) is 0 Å². The monoisotopic (exact) mass is 552 g/mol. The molecule has 3 N–H and O–H groups in total. The number of sulfonamides is 1. The van der Waals surface area contributed by atoms with Crippen LogP contribution in [-0.4, -0.2) is 56.6 Å². The standard InChI is InChI=1S/C25H30F2N4O4S2/c1-17(2)35-23-8-7-20(37(28,32)33)15-21(23)29-24-30-22(16-36-24)18-3-5-19(6-4-18)34-14-13-31-11-9-25(26,27)10-12-31/h3-8,15-17H,9-14H2,1-2H3,(H,29,30)(H2,28,32,33). The molecular formula is C25H30F2N4O4S2. The quantitative estimate of drug-likeness (QED) is 0.360. The number of primary sulfonamides is 1. The van der Waals surface area contributed by atoms with Crippen molar-refractivity contribution < 1.29 is 26.7 Å². The number of benzene rings is 2. The van der Waals surface area contributed by atoms with Gasteiger partial charge in [0.15, 0.2) is 5.13 Å². The van der Waals surface area contributed by atoms with Gasteiger partial charge in [0.05, 0.1) is 22.4 Å². The number of rotatable bonds is 10. The van der Waals surface area contributed by atoms with Crippen LogP contribution in [-0.2, 0) is 10.0 Å². The van der Waals surface area contributed by atoms with Gasteiger partial charge in [-0.25, -0.2) is 27.3 Å². The molecule has 8 nitrogen and oxygen atoms in total. The van der Waals surface area contributed by atoms with Crippen molar-refractivity contribution in [3.63, 3.8) is 0 Å². The molecule has 0 unspecified atom stereocenters. The number of hydrogen-bond acceptors (Lipinski definition) is 8. The number of piperidine rings is 1. The summed E-state index contributed by atoms with van der Waals surface area (Å²) in [7, 11) is -3.88. The summed E-state index contributed by atoms with van der Waals surface area (Å²) >= 11 is 1.37. The highest BCUT2D eigenvalue weighted by molar-refractivity contribution is 7.89. The van der Waals surface area contributed by atoms with E-state index < -0.39 is 15.9 Å². The Morgan fingerprint density at radius 2 is 1.86 bits per heavy atom. The molecule has 1 fully saturated rings. The van der Waals surface area contributed by atoms with Gasteiger partial charge in [-0.05, 0) is 56.3 Å². The fraction of sp³-hybridized carbons (Fsp3) is 0.400. The number of nitrogens with two attached hydrogens (primary N) is 1. The van der Waals surface area contributed by atoms with Gasteiger partial charge < -0.3 is 14.8 Å². The second-order valence-corrected chi connectivity index (χ2v) is 11.5. The van der Waals surface area contributed by atoms with Gasteiger partial charge >= 0.3 is 0 Å². The van der Waals surface area contributed by atoms with Gasteiger partial charge in [-0.2, -0.15) is 0 Å². The molecule has 3 aromatic rings. The van der Waals surface area contributed by atoms with Crippen molar-refractivity contribution in [2.45, 2.75) is 43.6 Å². The summed E-state index contributed by atoms with van der Waals surface area (Å²) in [4.78, 5) is 6.58. The third-order valence-electron chi connectivity index (χ3n) is 5.80. The average molecular weight is 553 g/mol. The molecule has 37 heavy (non-hydrogen) atoms. The zero-order valence-corrected chi connectivity index (χ0v) is 22.2. The van der Waals surface area contributed by atoms with Crippen molar-refractivity contribution in [2.24, 2.45) is 5.14 Å². The van der Waals surface area contributed by atoms with Crippen molar-refractivity contribution >= 4 is 32.2 Å². The first-order chi connectivity index (χ1) is 17.5. The van der Waals surface area contributed by atoms with Crippen LogP contribution in [0, 0.1) is 0 Å². The summed E-state index contributed by atoms with van der Waals surface area (Å²) < 4.78 is 61.8. The van der Waals surface area contributed by atoms with Crippen LogP contribution in [0.15, 0.2) is 52.7 Å². The van der Waals surface area contributed by atoms with Crippen molar-refractivity contribution in [3.8, 4) is 22.8 Å². The van der Waals surface area contributed by atoms with Gasteiger partial charge in [-0.3, -0.25) is 4.90 Å². The predicted molar refractivity (Wildman–Crippen MR) is 141 cm³/mol. The van der Waals surface area contributed by atoms with Crippen LogP contribution in [0.2, 0.25) is 0 Å².